The summed E-state index contributed by atoms with van der Waals surface area (Å²) in [6.07, 6.45) is 3.62. The van der Waals surface area contributed by atoms with E-state index in [0.717, 1.165) is 79.7 Å². The van der Waals surface area contributed by atoms with Gasteiger partial charge in [0.2, 0.25) is 0 Å². The van der Waals surface area contributed by atoms with Crippen LogP contribution in [0.2, 0.25) is 0 Å². The van der Waals surface area contributed by atoms with E-state index in [9.17, 15) is 0 Å². The van der Waals surface area contributed by atoms with Crippen molar-refractivity contribution >= 4 is 45.2 Å². The molecule has 0 radical (unpaired) electrons. The van der Waals surface area contributed by atoms with Crippen LogP contribution in [0.1, 0.15) is 30.0 Å². The smallest absolute Gasteiger partial charge is 0.160 e. The fourth-order valence-corrected chi connectivity index (χ4v) is 8.32. The first-order valence-corrected chi connectivity index (χ1v) is 17.7. The number of fused-ring (bicyclic) bond motifs is 6. The van der Waals surface area contributed by atoms with Crippen LogP contribution in [0.4, 0.5) is 0 Å². The predicted octanol–water partition coefficient (Wildman–Crippen LogP) is 11.3. The SMILES string of the molecule is C=CCCC(=C)C1=NC(c2ccc3c(c2)oc2c(-c4cc(-c5ccccc5)nc(-c5ccccc5)n4)cccc23)=NC2c3ccccc3SC12. The number of benzene rings is 5. The van der Waals surface area contributed by atoms with Crippen LogP contribution in [0.3, 0.4) is 0 Å². The second-order valence-electron chi connectivity index (χ2n) is 12.6. The summed E-state index contributed by atoms with van der Waals surface area (Å²) in [6.45, 7) is 8.38. The predicted molar refractivity (Wildman–Crippen MR) is 207 cm³/mol. The maximum atomic E-state index is 6.73. The summed E-state index contributed by atoms with van der Waals surface area (Å²) < 4.78 is 6.73. The highest BCUT2D eigenvalue weighted by molar-refractivity contribution is 8.01. The monoisotopic (exact) mass is 664 g/mol. The van der Waals surface area contributed by atoms with Crippen LogP contribution >= 0.6 is 11.8 Å². The summed E-state index contributed by atoms with van der Waals surface area (Å²) >= 11 is 1.84. The molecule has 5 nitrogen and oxygen atoms in total. The van der Waals surface area contributed by atoms with Crippen LogP contribution in [0.5, 0.6) is 0 Å². The molecule has 2 unspecified atom stereocenters. The second-order valence-corrected chi connectivity index (χ2v) is 13.8. The molecule has 9 rings (SSSR count). The van der Waals surface area contributed by atoms with Gasteiger partial charge in [-0.15, -0.1) is 18.3 Å². The molecule has 0 aliphatic carbocycles. The van der Waals surface area contributed by atoms with Crippen molar-refractivity contribution in [2.75, 3.05) is 0 Å². The van der Waals surface area contributed by atoms with Crippen molar-refractivity contribution in [1.82, 2.24) is 9.97 Å². The van der Waals surface area contributed by atoms with E-state index in [2.05, 4.69) is 92.0 Å². The molecule has 7 aromatic rings. The number of aromatic nitrogens is 2. The van der Waals surface area contributed by atoms with E-state index in [-0.39, 0.29) is 11.3 Å². The molecule has 0 bridgehead atoms. The first-order valence-electron chi connectivity index (χ1n) is 16.8. The number of thioether (sulfide) groups is 1. The van der Waals surface area contributed by atoms with Gasteiger partial charge in [0.05, 0.1) is 28.4 Å². The Morgan fingerprint density at radius 1 is 0.740 bits per heavy atom. The standard InChI is InChI=1S/C44H32N4OS/c1-3-4-14-27(2)39-42-40(34-19-11-12-22-38(34)50-42)48-44(47-39)30-23-24-31-32-20-13-21-33(41(32)49-37(31)25-30)36-26-35(28-15-7-5-8-16-28)45-43(46-36)29-17-9-6-10-18-29/h3,5-13,15-26,40,42H,1-2,4,14H2. The van der Waals surface area contributed by atoms with Gasteiger partial charge < -0.3 is 4.42 Å². The molecule has 0 fully saturated rings. The first-order chi connectivity index (χ1) is 24.6. The normalized spacial score (nSPS) is 16.5. The van der Waals surface area contributed by atoms with Gasteiger partial charge >= 0.3 is 0 Å². The molecule has 2 atom stereocenters. The van der Waals surface area contributed by atoms with Gasteiger partial charge in [0.1, 0.15) is 11.2 Å². The second kappa shape index (κ2) is 12.6. The molecule has 240 valence electrons. The fraction of sp³-hybridized carbons (Fsp3) is 0.0909. The number of allylic oxidation sites excluding steroid dienone is 2. The summed E-state index contributed by atoms with van der Waals surface area (Å²) in [5.41, 5.74) is 10.3. The summed E-state index contributed by atoms with van der Waals surface area (Å²) in [7, 11) is 0. The van der Waals surface area contributed by atoms with E-state index in [4.69, 9.17) is 24.4 Å². The Labute approximate surface area is 294 Å². The Morgan fingerprint density at radius 3 is 2.32 bits per heavy atom. The van der Waals surface area contributed by atoms with Crippen LogP contribution in [-0.4, -0.2) is 26.8 Å². The molecule has 0 saturated carbocycles. The summed E-state index contributed by atoms with van der Waals surface area (Å²) in [4.78, 5) is 21.8. The zero-order valence-corrected chi connectivity index (χ0v) is 28.1. The van der Waals surface area contributed by atoms with E-state index in [1.807, 2.05) is 66.4 Å². The quantitative estimate of drug-likeness (QED) is 0.152. The third kappa shape index (κ3) is 5.29. The molecule has 6 heteroatoms. The average molecular weight is 665 g/mol. The van der Waals surface area contributed by atoms with E-state index < -0.39 is 0 Å². The Hall–Kier alpha value is -5.85. The van der Waals surface area contributed by atoms with Gasteiger partial charge in [0.15, 0.2) is 11.7 Å². The van der Waals surface area contributed by atoms with E-state index in [0.29, 0.717) is 11.7 Å². The number of rotatable bonds is 8. The number of aliphatic imine (C=N–C) groups is 2. The lowest BCUT2D eigenvalue weighted by molar-refractivity contribution is 0.669. The van der Waals surface area contributed by atoms with Gasteiger partial charge in [0, 0.05) is 37.9 Å². The summed E-state index contributed by atoms with van der Waals surface area (Å²) in [6, 6.07) is 43.5. The Bertz CT molecular complexity index is 2460. The van der Waals surface area contributed by atoms with E-state index >= 15 is 0 Å². The minimum Gasteiger partial charge on any atom is -0.455 e. The molecule has 2 aliphatic heterocycles. The Morgan fingerprint density at radius 2 is 1.50 bits per heavy atom. The fourth-order valence-electron chi connectivity index (χ4n) is 6.90. The van der Waals surface area contributed by atoms with Crippen LogP contribution in [-0.2, 0) is 0 Å². The highest BCUT2D eigenvalue weighted by Crippen LogP contribution is 2.49. The van der Waals surface area contributed by atoms with Crippen molar-refractivity contribution in [3.05, 3.63) is 163 Å². The van der Waals surface area contributed by atoms with Crippen LogP contribution in [0.15, 0.2) is 171 Å². The van der Waals surface area contributed by atoms with Crippen molar-refractivity contribution < 1.29 is 4.42 Å². The van der Waals surface area contributed by atoms with Crippen molar-refractivity contribution in [3.8, 4) is 33.9 Å². The minimum absolute atomic E-state index is 0.0208. The molecule has 0 saturated heterocycles. The van der Waals surface area contributed by atoms with Crippen molar-refractivity contribution in [1.29, 1.82) is 0 Å². The molecule has 5 aromatic carbocycles. The third-order valence-corrected chi connectivity index (χ3v) is 10.8. The first kappa shape index (κ1) is 30.2. The molecule has 2 aromatic heterocycles. The minimum atomic E-state index is -0.0208. The van der Waals surface area contributed by atoms with Crippen molar-refractivity contribution in [2.45, 2.75) is 29.0 Å². The van der Waals surface area contributed by atoms with Crippen LogP contribution in [0, 0.1) is 0 Å². The van der Waals surface area contributed by atoms with Gasteiger partial charge in [-0.1, -0.05) is 110 Å². The highest BCUT2D eigenvalue weighted by Gasteiger charge is 2.40. The topological polar surface area (TPSA) is 63.6 Å². The lowest BCUT2D eigenvalue weighted by Crippen LogP contribution is -2.28. The van der Waals surface area contributed by atoms with Crippen LogP contribution < -0.4 is 0 Å². The Kier molecular flexibility index (Phi) is 7.59. The van der Waals surface area contributed by atoms with Crippen molar-refractivity contribution in [3.63, 3.8) is 0 Å². The highest BCUT2D eigenvalue weighted by atomic mass is 32.2. The zero-order chi connectivity index (χ0) is 33.6. The maximum Gasteiger partial charge on any atom is 0.160 e. The molecular weight excluding hydrogens is 633 g/mol. The number of hydrogen-bond acceptors (Lipinski definition) is 6. The number of nitrogens with zero attached hydrogens (tertiary/aromatic N) is 4. The molecule has 50 heavy (non-hydrogen) atoms. The average Bonchev–Trinajstić information content (AvgIpc) is 3.75. The van der Waals surface area contributed by atoms with E-state index in [1.165, 1.54) is 10.5 Å². The number of furan rings is 1. The third-order valence-electron chi connectivity index (χ3n) is 9.41. The van der Waals surface area contributed by atoms with Gasteiger partial charge in [-0.25, -0.2) is 15.0 Å². The van der Waals surface area contributed by atoms with Crippen LogP contribution in [0.25, 0.3) is 55.8 Å². The summed E-state index contributed by atoms with van der Waals surface area (Å²) in [5.74, 6) is 1.37. The molecule has 0 spiro atoms. The zero-order valence-electron chi connectivity index (χ0n) is 27.3. The van der Waals surface area contributed by atoms with Gasteiger partial charge in [-0.3, -0.25) is 4.99 Å². The Balaban J connectivity index is 1.17. The molecule has 4 heterocycles. The molecule has 0 amide bonds. The number of para-hydroxylation sites is 1. The number of hydrogen-bond donors (Lipinski definition) is 0. The van der Waals surface area contributed by atoms with Gasteiger partial charge in [-0.2, -0.15) is 0 Å². The summed E-state index contributed by atoms with van der Waals surface area (Å²) in [5, 5.41) is 2.17. The van der Waals surface area contributed by atoms with Crippen molar-refractivity contribution in [2.24, 2.45) is 9.98 Å². The van der Waals surface area contributed by atoms with Gasteiger partial charge in [0.25, 0.3) is 0 Å². The molecular formula is C44H32N4OS. The largest absolute Gasteiger partial charge is 0.455 e. The van der Waals surface area contributed by atoms with Gasteiger partial charge in [-0.05, 0) is 54.3 Å². The lowest BCUT2D eigenvalue weighted by atomic mass is 9.94. The molecule has 0 N–H and O–H groups in total. The van der Waals surface area contributed by atoms with E-state index in [1.54, 1.807) is 0 Å². The maximum absolute atomic E-state index is 6.73. The lowest BCUT2D eigenvalue weighted by Gasteiger charge is -2.25. The number of amidine groups is 1. The molecule has 2 aliphatic rings.